The van der Waals surface area contributed by atoms with Crippen LogP contribution in [0.4, 0.5) is 0 Å². The van der Waals surface area contributed by atoms with Crippen LogP contribution < -0.4 is 21.5 Å². The first kappa shape index (κ1) is 38.3. The van der Waals surface area contributed by atoms with E-state index in [4.69, 9.17) is 21.5 Å². The lowest BCUT2D eigenvalue weighted by Crippen LogP contribution is -2.46. The minimum Gasteiger partial charge on any atom is -0.507 e. The number of likely N-dealkylation sites (N-methyl/N-ethyl adjacent to an activating group) is 1. The number of hydrogen-bond acceptors (Lipinski definition) is 12. The van der Waals surface area contributed by atoms with Gasteiger partial charge in [0.15, 0.2) is 17.3 Å². The molecule has 0 unspecified atom stereocenters. The number of carbonyl (C=O) groups excluding carboxylic acids is 5. The van der Waals surface area contributed by atoms with Gasteiger partial charge >= 0.3 is 0 Å². The lowest BCUT2D eigenvalue weighted by molar-refractivity contribution is -0.142. The summed E-state index contributed by atoms with van der Waals surface area (Å²) in [6.45, 7) is 2.00. The molecule has 4 bridgehead atoms. The summed E-state index contributed by atoms with van der Waals surface area (Å²) in [5.74, 6) is -3.83. The van der Waals surface area contributed by atoms with Gasteiger partial charge in [-0.3, -0.25) is 24.0 Å². The van der Waals surface area contributed by atoms with Gasteiger partial charge in [0.05, 0.1) is 17.7 Å². The maximum absolute atomic E-state index is 14.3. The Bertz CT molecular complexity index is 1790. The van der Waals surface area contributed by atoms with Gasteiger partial charge in [-0.2, -0.15) is 5.26 Å². The van der Waals surface area contributed by atoms with Gasteiger partial charge in [0.25, 0.3) is 0 Å². The van der Waals surface area contributed by atoms with Gasteiger partial charge in [0.2, 0.25) is 11.8 Å². The second-order valence-electron chi connectivity index (χ2n) is 12.6. The number of aromatic hydroxyl groups is 1. The number of nitriles is 1. The van der Waals surface area contributed by atoms with E-state index in [1.165, 1.54) is 36.7 Å². The highest BCUT2D eigenvalue weighted by Gasteiger charge is 2.36. The number of amides is 2. The van der Waals surface area contributed by atoms with Gasteiger partial charge < -0.3 is 31.5 Å². The van der Waals surface area contributed by atoms with Gasteiger partial charge in [-0.15, -0.1) is 0 Å². The fraction of sp³-hybridized carbons (Fsp3) is 0.405. The molecule has 1 aliphatic rings. The Morgan fingerprint density at radius 2 is 1.82 bits per heavy atom. The molecule has 6 N–H and O–H groups in total. The Balaban J connectivity index is 1.84. The summed E-state index contributed by atoms with van der Waals surface area (Å²) in [7, 11) is 1.46. The number of nitrogens with two attached hydrogens (primary N) is 2. The van der Waals surface area contributed by atoms with Crippen molar-refractivity contribution in [1.82, 2.24) is 20.2 Å². The van der Waals surface area contributed by atoms with Crippen LogP contribution in [0.5, 0.6) is 11.5 Å². The van der Waals surface area contributed by atoms with Crippen LogP contribution >= 0.6 is 0 Å². The summed E-state index contributed by atoms with van der Waals surface area (Å²) in [4.78, 5) is 77.3. The summed E-state index contributed by atoms with van der Waals surface area (Å²) < 4.78 is 5.94. The largest absolute Gasteiger partial charge is 0.507 e. The summed E-state index contributed by atoms with van der Waals surface area (Å²) in [5.41, 5.74) is 13.5. The molecule has 2 heterocycles. The molecule has 2 aromatic carbocycles. The van der Waals surface area contributed by atoms with Crippen LogP contribution in [0.25, 0.3) is 11.1 Å². The van der Waals surface area contributed by atoms with Crippen molar-refractivity contribution in [2.24, 2.45) is 23.3 Å². The third-order valence-corrected chi connectivity index (χ3v) is 8.85. The molecule has 4 rings (SSSR count). The average molecular weight is 698 g/mol. The summed E-state index contributed by atoms with van der Waals surface area (Å²) in [5, 5.41) is 22.9. The number of aromatic nitrogens is 2. The molecular weight excluding hydrogens is 654 g/mol. The second-order valence-corrected chi connectivity index (χ2v) is 12.6. The van der Waals surface area contributed by atoms with Gasteiger partial charge in [0.1, 0.15) is 30.5 Å². The third kappa shape index (κ3) is 9.59. The molecule has 4 atom stereocenters. The van der Waals surface area contributed by atoms with Crippen molar-refractivity contribution < 1.29 is 33.8 Å². The van der Waals surface area contributed by atoms with Crippen LogP contribution in [-0.4, -0.2) is 81.9 Å². The van der Waals surface area contributed by atoms with Gasteiger partial charge in [-0.1, -0.05) is 19.1 Å². The molecule has 14 heteroatoms. The number of fused-ring (bicyclic) bond motifs is 5. The topological polar surface area (TPSA) is 232 Å². The predicted octanol–water partition coefficient (Wildman–Crippen LogP) is 2.43. The third-order valence-electron chi connectivity index (χ3n) is 8.85. The van der Waals surface area contributed by atoms with Gasteiger partial charge in [-0.25, -0.2) is 9.97 Å². The molecule has 51 heavy (non-hydrogen) atoms. The maximum Gasteiger partial charge on any atom is 0.226 e. The monoisotopic (exact) mass is 697 g/mol. The quantitative estimate of drug-likeness (QED) is 0.189. The number of phenols is 1. The summed E-state index contributed by atoms with van der Waals surface area (Å²) >= 11 is 0. The number of ketones is 3. The number of carbonyl (C=O) groups is 5. The lowest BCUT2D eigenvalue weighted by Gasteiger charge is -2.32. The molecule has 0 aliphatic carbocycles. The zero-order chi connectivity index (χ0) is 37.1. The number of nitrogens with zero attached hydrogens (tertiary/aromatic N) is 4. The van der Waals surface area contributed by atoms with Crippen LogP contribution in [0.2, 0.25) is 0 Å². The summed E-state index contributed by atoms with van der Waals surface area (Å²) in [6.07, 6.45) is 3.61. The molecule has 0 fully saturated rings. The molecule has 14 nitrogen and oxygen atoms in total. The zero-order valence-electron chi connectivity index (χ0n) is 28.7. The molecule has 0 radical (unpaired) electrons. The number of hydrogen-bond donors (Lipinski definition) is 4. The molecule has 2 amide bonds. The highest BCUT2D eigenvalue weighted by molar-refractivity contribution is 5.99. The first-order valence-electron chi connectivity index (χ1n) is 16.8. The summed E-state index contributed by atoms with van der Waals surface area (Å²) in [6, 6.07) is 9.37. The van der Waals surface area contributed by atoms with Crippen molar-refractivity contribution >= 4 is 29.2 Å². The minimum atomic E-state index is -1.23. The molecule has 0 saturated carbocycles. The van der Waals surface area contributed by atoms with Crippen LogP contribution in [0.15, 0.2) is 55.1 Å². The number of nitrogens with one attached hydrogen (secondary N) is 1. The Hall–Kier alpha value is -5.52. The van der Waals surface area contributed by atoms with Crippen molar-refractivity contribution in [3.63, 3.8) is 0 Å². The molecule has 1 aliphatic heterocycles. The van der Waals surface area contributed by atoms with E-state index in [0.717, 1.165) is 0 Å². The van der Waals surface area contributed by atoms with Crippen LogP contribution in [-0.2, 0) is 25.6 Å². The SMILES string of the molecule is C[C@H]1CC(=O)[C@H](N(C)C(=O)[C@@H](CCN)CC(=O)c2cncnc2)c2ccc(OCCN)c(c2)-c2cc(ccc2O)C[C@H](C(=O)CCC#N)NC1=O. The highest BCUT2D eigenvalue weighted by Crippen LogP contribution is 2.40. The first-order valence-corrected chi connectivity index (χ1v) is 16.8. The van der Waals surface area contributed by atoms with Gasteiger partial charge in [0, 0.05) is 74.6 Å². The van der Waals surface area contributed by atoms with Crippen LogP contribution in [0.3, 0.4) is 0 Å². The van der Waals surface area contributed by atoms with E-state index in [2.05, 4.69) is 15.3 Å². The number of ether oxygens (including phenoxy) is 1. The number of rotatable bonds is 13. The van der Waals surface area contributed by atoms with Crippen LogP contribution in [0.1, 0.15) is 66.6 Å². The Labute approximate surface area is 296 Å². The molecule has 0 spiro atoms. The smallest absolute Gasteiger partial charge is 0.226 e. The van der Waals surface area contributed by atoms with Gasteiger partial charge in [-0.05, 0) is 54.8 Å². The average Bonchev–Trinajstić information content (AvgIpc) is 3.13. The normalized spacial score (nSPS) is 18.1. The Morgan fingerprint density at radius 1 is 1.08 bits per heavy atom. The maximum atomic E-state index is 14.3. The van der Waals surface area contributed by atoms with E-state index in [-0.39, 0.29) is 81.1 Å². The Kier molecular flexibility index (Phi) is 13.5. The Morgan fingerprint density at radius 3 is 2.51 bits per heavy atom. The minimum absolute atomic E-state index is 0.0351. The van der Waals surface area contributed by atoms with Crippen molar-refractivity contribution in [1.29, 1.82) is 5.26 Å². The van der Waals surface area contributed by atoms with E-state index in [1.54, 1.807) is 37.3 Å². The predicted molar refractivity (Wildman–Crippen MR) is 186 cm³/mol. The van der Waals surface area contributed by atoms with E-state index in [9.17, 15) is 29.1 Å². The van der Waals surface area contributed by atoms with E-state index in [1.807, 2.05) is 6.07 Å². The fourth-order valence-electron chi connectivity index (χ4n) is 6.14. The van der Waals surface area contributed by atoms with E-state index in [0.29, 0.717) is 28.0 Å². The second kappa shape index (κ2) is 17.9. The first-order chi connectivity index (χ1) is 24.5. The lowest BCUT2D eigenvalue weighted by atomic mass is 9.88. The molecule has 3 aromatic rings. The van der Waals surface area contributed by atoms with Crippen LogP contribution in [0, 0.1) is 23.2 Å². The van der Waals surface area contributed by atoms with Crippen molar-refractivity contribution in [2.75, 3.05) is 26.7 Å². The van der Waals surface area contributed by atoms with Crippen molar-refractivity contribution in [2.45, 2.75) is 57.5 Å². The van der Waals surface area contributed by atoms with E-state index >= 15 is 0 Å². The number of benzene rings is 2. The van der Waals surface area contributed by atoms with Crippen molar-refractivity contribution in [3.8, 4) is 28.7 Å². The highest BCUT2D eigenvalue weighted by atomic mass is 16.5. The molecule has 1 aromatic heterocycles. The van der Waals surface area contributed by atoms with E-state index < -0.39 is 41.5 Å². The molecule has 0 saturated heterocycles. The molecule has 268 valence electrons. The molecular formula is C37H43N7O7. The van der Waals surface area contributed by atoms with Crippen molar-refractivity contribution in [3.05, 3.63) is 71.8 Å². The zero-order valence-corrected chi connectivity index (χ0v) is 28.7. The standard InChI is InChI=1S/C37H43N7O7/c1-22-14-33(48)35(44(2)37(50)25(9-11-39)18-32(47)26-19-41-21-42-20-26)24-6-8-34(51-13-12-40)28(17-24)27-15-23(5-7-30(27)45)16-29(43-36(22)49)31(46)4-3-10-38/h5-8,15,17,19-22,25,29,35,45H,3-4,9,11-14,16,18,39-40H2,1-2H3,(H,43,49)/t22-,25-,29+,35+/m0/s1. The number of phenolic OH excluding ortho intramolecular Hbond substituents is 1. The number of Topliss-reactive ketones (excluding diaryl/α,β-unsaturated/α-hetero) is 3. The fourth-order valence-corrected chi connectivity index (χ4v) is 6.14.